The summed E-state index contributed by atoms with van der Waals surface area (Å²) in [4.78, 5) is 0. The van der Waals surface area contributed by atoms with Crippen molar-refractivity contribution in [2.45, 2.75) is 50.8 Å². The van der Waals surface area contributed by atoms with Gasteiger partial charge >= 0.3 is 6.18 Å². The van der Waals surface area contributed by atoms with Gasteiger partial charge in [0.2, 0.25) is 0 Å². The lowest BCUT2D eigenvalue weighted by molar-refractivity contribution is -0.190. The van der Waals surface area contributed by atoms with Gasteiger partial charge in [-0.3, -0.25) is 0 Å². The normalized spacial score (nSPS) is 36.3. The van der Waals surface area contributed by atoms with E-state index in [9.17, 15) is 18.3 Å². The summed E-state index contributed by atoms with van der Waals surface area (Å²) in [6, 6.07) is 0. The summed E-state index contributed by atoms with van der Waals surface area (Å²) in [6.45, 7) is 1.20. The summed E-state index contributed by atoms with van der Waals surface area (Å²) in [5.41, 5.74) is 0. The predicted octanol–water partition coefficient (Wildman–Crippen LogP) is 3.14. The van der Waals surface area contributed by atoms with E-state index in [-0.39, 0.29) is 24.7 Å². The van der Waals surface area contributed by atoms with Crippen molar-refractivity contribution in [3.8, 4) is 0 Å². The first-order valence-corrected chi connectivity index (χ1v) is 6.81. The first-order valence-electron chi connectivity index (χ1n) is 6.81. The lowest BCUT2D eigenvalue weighted by Gasteiger charge is -2.37. The zero-order valence-corrected chi connectivity index (χ0v) is 10.5. The number of ether oxygens (including phenoxy) is 1. The number of hydrogen-bond donors (Lipinski definition) is 1. The van der Waals surface area contributed by atoms with E-state index in [1.165, 1.54) is 0 Å². The monoisotopic (exact) mass is 266 g/mol. The van der Waals surface area contributed by atoms with Crippen molar-refractivity contribution in [3.63, 3.8) is 0 Å². The fourth-order valence-corrected chi connectivity index (χ4v) is 3.25. The maximum Gasteiger partial charge on any atom is 0.391 e. The molecule has 106 valence electrons. The Morgan fingerprint density at radius 2 is 1.78 bits per heavy atom. The van der Waals surface area contributed by atoms with Gasteiger partial charge in [-0.15, -0.1) is 0 Å². The van der Waals surface area contributed by atoms with Crippen molar-refractivity contribution in [2.75, 3.05) is 13.2 Å². The Morgan fingerprint density at radius 1 is 1.06 bits per heavy atom. The highest BCUT2D eigenvalue weighted by atomic mass is 19.4. The van der Waals surface area contributed by atoms with E-state index in [1.807, 2.05) is 0 Å². The van der Waals surface area contributed by atoms with E-state index in [0.717, 1.165) is 12.8 Å². The number of alkyl halides is 3. The van der Waals surface area contributed by atoms with Crippen LogP contribution in [0.25, 0.3) is 0 Å². The molecule has 5 heteroatoms. The van der Waals surface area contributed by atoms with Crippen LogP contribution < -0.4 is 0 Å². The van der Waals surface area contributed by atoms with E-state index >= 15 is 0 Å². The second kappa shape index (κ2) is 5.78. The number of hydrogen-bond acceptors (Lipinski definition) is 2. The Hall–Kier alpha value is -0.290. The minimum Gasteiger partial charge on any atom is -0.392 e. The first-order chi connectivity index (χ1) is 8.48. The highest BCUT2D eigenvalue weighted by Gasteiger charge is 2.44. The van der Waals surface area contributed by atoms with Crippen LogP contribution in [0.4, 0.5) is 13.2 Å². The maximum absolute atomic E-state index is 12.7. The Kier molecular flexibility index (Phi) is 4.54. The Morgan fingerprint density at radius 3 is 2.39 bits per heavy atom. The van der Waals surface area contributed by atoms with Gasteiger partial charge in [0.05, 0.1) is 18.6 Å². The van der Waals surface area contributed by atoms with E-state index in [4.69, 9.17) is 4.74 Å². The van der Waals surface area contributed by atoms with E-state index < -0.39 is 18.2 Å². The topological polar surface area (TPSA) is 29.5 Å². The summed E-state index contributed by atoms with van der Waals surface area (Å²) in [5.74, 6) is -1.41. The summed E-state index contributed by atoms with van der Waals surface area (Å²) in [6.07, 6.45) is -1.39. The van der Waals surface area contributed by atoms with Crippen LogP contribution in [0, 0.1) is 17.8 Å². The molecule has 1 aliphatic carbocycles. The lowest BCUT2D eigenvalue weighted by atomic mass is 9.74. The summed E-state index contributed by atoms with van der Waals surface area (Å²) < 4.78 is 43.4. The van der Waals surface area contributed by atoms with Crippen LogP contribution in [0.15, 0.2) is 0 Å². The van der Waals surface area contributed by atoms with Gasteiger partial charge in [0.1, 0.15) is 0 Å². The van der Waals surface area contributed by atoms with E-state index in [2.05, 4.69) is 0 Å². The van der Waals surface area contributed by atoms with Crippen LogP contribution in [-0.2, 0) is 4.74 Å². The number of rotatable bonds is 2. The van der Waals surface area contributed by atoms with Gasteiger partial charge in [-0.05, 0) is 38.0 Å². The highest BCUT2D eigenvalue weighted by Crippen LogP contribution is 2.42. The third-order valence-corrected chi connectivity index (χ3v) is 4.34. The van der Waals surface area contributed by atoms with E-state index in [0.29, 0.717) is 26.1 Å². The smallest absolute Gasteiger partial charge is 0.391 e. The average molecular weight is 266 g/mol. The molecule has 0 aromatic carbocycles. The molecule has 0 aromatic rings. The van der Waals surface area contributed by atoms with Crippen molar-refractivity contribution in [1.82, 2.24) is 0 Å². The molecule has 1 N–H and O–H groups in total. The minimum absolute atomic E-state index is 0.0238. The van der Waals surface area contributed by atoms with Gasteiger partial charge < -0.3 is 9.84 Å². The molecule has 1 aliphatic heterocycles. The molecular weight excluding hydrogens is 245 g/mol. The zero-order chi connectivity index (χ0) is 13.2. The average Bonchev–Trinajstić information content (AvgIpc) is 2.38. The highest BCUT2D eigenvalue weighted by molar-refractivity contribution is 4.85. The fourth-order valence-electron chi connectivity index (χ4n) is 3.25. The largest absolute Gasteiger partial charge is 0.392 e. The van der Waals surface area contributed by atoms with Crippen LogP contribution in [0.1, 0.15) is 38.5 Å². The standard InChI is InChI=1S/C13H21F3O2/c14-13(15,16)11-5-1-3-9(7-11)12(17)10-4-2-6-18-8-10/h9-12,17H,1-8H2. The molecule has 4 atom stereocenters. The molecular formula is C13H21F3O2. The molecule has 0 amide bonds. The summed E-state index contributed by atoms with van der Waals surface area (Å²) in [5, 5.41) is 10.2. The molecule has 1 saturated heterocycles. The van der Waals surface area contributed by atoms with Crippen molar-refractivity contribution < 1.29 is 23.0 Å². The zero-order valence-electron chi connectivity index (χ0n) is 10.5. The second-order valence-corrected chi connectivity index (χ2v) is 5.63. The molecule has 1 heterocycles. The molecule has 0 spiro atoms. The van der Waals surface area contributed by atoms with Gasteiger partial charge in [0.15, 0.2) is 0 Å². The van der Waals surface area contributed by atoms with Gasteiger partial charge in [-0.1, -0.05) is 6.42 Å². The summed E-state index contributed by atoms with van der Waals surface area (Å²) in [7, 11) is 0. The molecule has 0 bridgehead atoms. The molecule has 2 rings (SSSR count). The number of halogens is 3. The molecule has 0 radical (unpaired) electrons. The molecule has 4 unspecified atom stereocenters. The van der Waals surface area contributed by atoms with Gasteiger partial charge in [0, 0.05) is 12.5 Å². The fraction of sp³-hybridized carbons (Fsp3) is 1.00. The van der Waals surface area contributed by atoms with Crippen LogP contribution in [-0.4, -0.2) is 30.6 Å². The van der Waals surface area contributed by atoms with Gasteiger partial charge in [-0.25, -0.2) is 0 Å². The molecule has 2 nitrogen and oxygen atoms in total. The van der Waals surface area contributed by atoms with Crippen LogP contribution in [0.2, 0.25) is 0 Å². The predicted molar refractivity (Wildman–Crippen MR) is 61.1 cm³/mol. The van der Waals surface area contributed by atoms with Gasteiger partial charge in [-0.2, -0.15) is 13.2 Å². The molecule has 0 aromatic heterocycles. The molecule has 2 aliphatic rings. The van der Waals surface area contributed by atoms with Crippen molar-refractivity contribution in [3.05, 3.63) is 0 Å². The maximum atomic E-state index is 12.7. The lowest BCUT2D eigenvalue weighted by Crippen LogP contribution is -2.39. The van der Waals surface area contributed by atoms with Crippen molar-refractivity contribution in [2.24, 2.45) is 17.8 Å². The Labute approximate surface area is 106 Å². The van der Waals surface area contributed by atoms with Crippen molar-refractivity contribution >= 4 is 0 Å². The Bertz CT molecular complexity index is 261. The second-order valence-electron chi connectivity index (χ2n) is 5.63. The number of aliphatic hydroxyl groups is 1. The third-order valence-electron chi connectivity index (χ3n) is 4.34. The van der Waals surface area contributed by atoms with Crippen molar-refractivity contribution in [1.29, 1.82) is 0 Å². The van der Waals surface area contributed by atoms with Crippen LogP contribution >= 0.6 is 0 Å². The minimum atomic E-state index is -4.11. The Balaban J connectivity index is 1.91. The van der Waals surface area contributed by atoms with Gasteiger partial charge in [0.25, 0.3) is 0 Å². The van der Waals surface area contributed by atoms with E-state index in [1.54, 1.807) is 0 Å². The quantitative estimate of drug-likeness (QED) is 0.832. The number of aliphatic hydroxyl groups excluding tert-OH is 1. The molecule has 1 saturated carbocycles. The van der Waals surface area contributed by atoms with Crippen LogP contribution in [0.5, 0.6) is 0 Å². The SMILES string of the molecule is OC(C1CCCOC1)C1CCCC(C(F)(F)F)C1. The summed E-state index contributed by atoms with van der Waals surface area (Å²) >= 11 is 0. The van der Waals surface area contributed by atoms with Crippen LogP contribution in [0.3, 0.4) is 0 Å². The third kappa shape index (κ3) is 3.38. The molecule has 18 heavy (non-hydrogen) atoms. The first kappa shape index (κ1) is 14.1. The molecule has 2 fully saturated rings.